The molecule has 8 heteroatoms. The second-order valence-corrected chi connectivity index (χ2v) is 7.31. The van der Waals surface area contributed by atoms with Crippen molar-refractivity contribution < 1.29 is 14.1 Å². The maximum absolute atomic E-state index is 13.1. The van der Waals surface area contributed by atoms with E-state index in [-0.39, 0.29) is 16.5 Å². The molecule has 1 unspecified atom stereocenters. The minimum atomic E-state index is -1.85. The number of rotatable bonds is 4. The van der Waals surface area contributed by atoms with E-state index in [1.807, 2.05) is 18.2 Å². The molecule has 27 heavy (non-hydrogen) atoms. The van der Waals surface area contributed by atoms with E-state index in [4.69, 9.17) is 11.6 Å². The molecule has 0 aliphatic rings. The van der Waals surface area contributed by atoms with Gasteiger partial charge in [0.2, 0.25) is 0 Å². The molecule has 0 spiro atoms. The molecule has 0 amide bonds. The molecule has 0 bridgehead atoms. The highest BCUT2D eigenvalue weighted by Crippen LogP contribution is 2.29. The largest absolute Gasteiger partial charge is 0.543 e. The fraction of sp³-hybridized carbons (Fsp3) is 0. The number of benzene rings is 2. The number of carboxylic acids is 1. The third-order valence-electron chi connectivity index (χ3n) is 3.92. The quantitative estimate of drug-likeness (QED) is 0.495. The topological polar surface area (TPSA) is 87.9 Å². The summed E-state index contributed by atoms with van der Waals surface area (Å²) in [6.07, 6.45) is 0. The third kappa shape index (κ3) is 3.11. The van der Waals surface area contributed by atoms with Crippen LogP contribution >= 0.6 is 11.6 Å². The molecular weight excluding hydrogens is 386 g/mol. The van der Waals surface area contributed by atoms with Gasteiger partial charge in [-0.2, -0.15) is 0 Å². The van der Waals surface area contributed by atoms with Gasteiger partial charge in [-0.1, -0.05) is 60.1 Å². The number of aromatic carboxylic acids is 1. The highest BCUT2D eigenvalue weighted by atomic mass is 35.5. The number of hydrogen-bond donors (Lipinski definition) is 0. The van der Waals surface area contributed by atoms with Crippen molar-refractivity contribution in [3.05, 3.63) is 77.6 Å². The summed E-state index contributed by atoms with van der Waals surface area (Å²) in [4.78, 5) is 20.7. The Labute approximate surface area is 161 Å². The Hall–Kier alpha value is -3.03. The summed E-state index contributed by atoms with van der Waals surface area (Å²) < 4.78 is 14.2. The Balaban J connectivity index is 2.01. The molecule has 0 aliphatic heterocycles. The molecule has 0 N–H and O–H groups in total. The third-order valence-corrected chi connectivity index (χ3v) is 5.59. The Morgan fingerprint density at radius 3 is 2.26 bits per heavy atom. The van der Waals surface area contributed by atoms with Crippen LogP contribution < -0.4 is 5.11 Å². The van der Waals surface area contributed by atoms with E-state index in [2.05, 4.69) is 9.97 Å². The lowest BCUT2D eigenvalue weighted by molar-refractivity contribution is -0.255. The predicted molar refractivity (Wildman–Crippen MR) is 101 cm³/mol. The van der Waals surface area contributed by atoms with Crippen LogP contribution in [-0.4, -0.2) is 24.1 Å². The summed E-state index contributed by atoms with van der Waals surface area (Å²) in [6, 6.07) is 18.9. The molecule has 134 valence electrons. The predicted octanol–water partition coefficient (Wildman–Crippen LogP) is 2.69. The summed E-state index contributed by atoms with van der Waals surface area (Å²) in [5.74, 6) is -1.17. The average molecular weight is 397 g/mol. The zero-order valence-corrected chi connectivity index (χ0v) is 15.3. The van der Waals surface area contributed by atoms with Gasteiger partial charge in [0.15, 0.2) is 22.5 Å². The summed E-state index contributed by atoms with van der Waals surface area (Å²) in [7, 11) is -1.85. The first-order valence-corrected chi connectivity index (χ1v) is 9.38. The number of carboxylic acid groups (broad SMARTS) is 1. The molecule has 0 radical (unpaired) electrons. The molecule has 2 heterocycles. The van der Waals surface area contributed by atoms with Gasteiger partial charge in [-0.05, 0) is 18.2 Å². The molecule has 0 saturated heterocycles. The highest BCUT2D eigenvalue weighted by Gasteiger charge is 2.21. The highest BCUT2D eigenvalue weighted by molar-refractivity contribution is 7.83. The van der Waals surface area contributed by atoms with Crippen LogP contribution in [0.2, 0.25) is 5.15 Å². The summed E-state index contributed by atoms with van der Waals surface area (Å²) in [5, 5.41) is 12.0. The zero-order chi connectivity index (χ0) is 19.0. The van der Waals surface area contributed by atoms with Crippen molar-refractivity contribution in [3.63, 3.8) is 0 Å². The van der Waals surface area contributed by atoms with Crippen LogP contribution in [0.5, 0.6) is 0 Å². The number of aromatic nitrogens is 3. The van der Waals surface area contributed by atoms with Gasteiger partial charge in [-0.3, -0.25) is 0 Å². The molecule has 2 aromatic heterocycles. The van der Waals surface area contributed by atoms with Crippen LogP contribution in [0.15, 0.2) is 71.6 Å². The second kappa shape index (κ2) is 6.94. The van der Waals surface area contributed by atoms with E-state index in [9.17, 15) is 14.1 Å². The van der Waals surface area contributed by atoms with Crippen LogP contribution in [0.25, 0.3) is 22.4 Å². The van der Waals surface area contributed by atoms with E-state index >= 15 is 0 Å². The van der Waals surface area contributed by atoms with E-state index in [1.165, 1.54) is 6.07 Å². The lowest BCUT2D eigenvalue weighted by Crippen LogP contribution is -2.26. The Morgan fingerprint density at radius 1 is 1.00 bits per heavy atom. The Kier molecular flexibility index (Phi) is 4.47. The van der Waals surface area contributed by atoms with Crippen LogP contribution in [-0.2, 0) is 11.0 Å². The number of hydrogen-bond acceptors (Lipinski definition) is 5. The Morgan fingerprint density at radius 2 is 1.63 bits per heavy atom. The van der Waals surface area contributed by atoms with Gasteiger partial charge >= 0.3 is 0 Å². The summed E-state index contributed by atoms with van der Waals surface area (Å²) >= 11 is 6.28. The molecule has 2 aromatic carbocycles. The molecule has 0 aliphatic carbocycles. The van der Waals surface area contributed by atoms with E-state index in [0.717, 1.165) is 3.97 Å². The molecule has 0 fully saturated rings. The van der Waals surface area contributed by atoms with E-state index < -0.39 is 17.0 Å². The van der Waals surface area contributed by atoms with Gasteiger partial charge in [0.1, 0.15) is 5.15 Å². The maximum atomic E-state index is 13.1. The molecule has 4 aromatic rings. The van der Waals surface area contributed by atoms with Gasteiger partial charge in [0.05, 0.1) is 21.9 Å². The standard InChI is InChI=1S/C19H12ClN3O3S/c20-16-14-11-15(19(24)25)23(27(26)13-9-5-2-6-10-13)18(14)22-17(21-16)12-7-3-1-4-8-12/h1-11H,(H,24,25)/p-1. The molecule has 4 rings (SSSR count). The van der Waals surface area contributed by atoms with Crippen molar-refractivity contribution in [2.45, 2.75) is 4.90 Å². The fourth-order valence-electron chi connectivity index (χ4n) is 2.69. The number of carbonyl (C=O) groups excluding carboxylic acids is 1. The second-order valence-electron chi connectivity index (χ2n) is 5.61. The van der Waals surface area contributed by atoms with Crippen LogP contribution in [0, 0.1) is 0 Å². The van der Waals surface area contributed by atoms with E-state index in [1.54, 1.807) is 42.5 Å². The minimum Gasteiger partial charge on any atom is -0.543 e. The maximum Gasteiger partial charge on any atom is 0.163 e. The lowest BCUT2D eigenvalue weighted by atomic mass is 10.2. The SMILES string of the molecule is O=C([O-])c1cc2c(Cl)nc(-c3ccccc3)nc2n1S(=O)c1ccccc1. The average Bonchev–Trinajstić information content (AvgIpc) is 3.09. The van der Waals surface area contributed by atoms with Crippen LogP contribution in [0.3, 0.4) is 0 Å². The van der Waals surface area contributed by atoms with Gasteiger partial charge in [-0.15, -0.1) is 0 Å². The first kappa shape index (κ1) is 17.4. The molecule has 0 saturated carbocycles. The normalized spacial score (nSPS) is 12.2. The number of nitrogens with zero attached hydrogens (tertiary/aromatic N) is 3. The van der Waals surface area contributed by atoms with Crippen molar-refractivity contribution in [1.82, 2.24) is 13.9 Å². The van der Waals surface area contributed by atoms with Crippen molar-refractivity contribution in [1.29, 1.82) is 0 Å². The lowest BCUT2D eigenvalue weighted by Gasteiger charge is -2.10. The van der Waals surface area contributed by atoms with Gasteiger partial charge in [0.25, 0.3) is 0 Å². The van der Waals surface area contributed by atoms with Crippen LogP contribution in [0.4, 0.5) is 0 Å². The van der Waals surface area contributed by atoms with Gasteiger partial charge < -0.3 is 9.90 Å². The Bertz CT molecular complexity index is 1180. The van der Waals surface area contributed by atoms with Crippen molar-refractivity contribution in [3.8, 4) is 11.4 Å². The molecule has 1 atom stereocenters. The summed E-state index contributed by atoms with van der Waals surface area (Å²) in [5.41, 5.74) is 0.582. The first-order chi connectivity index (χ1) is 13.1. The van der Waals surface area contributed by atoms with Gasteiger partial charge in [-0.25, -0.2) is 18.1 Å². The van der Waals surface area contributed by atoms with Gasteiger partial charge in [0, 0.05) is 5.56 Å². The zero-order valence-electron chi connectivity index (χ0n) is 13.7. The van der Waals surface area contributed by atoms with Crippen molar-refractivity contribution >= 4 is 39.6 Å². The monoisotopic (exact) mass is 396 g/mol. The number of carbonyl (C=O) groups is 1. The minimum absolute atomic E-state index is 0.0742. The van der Waals surface area contributed by atoms with Crippen molar-refractivity contribution in [2.75, 3.05) is 0 Å². The van der Waals surface area contributed by atoms with E-state index in [0.29, 0.717) is 21.7 Å². The first-order valence-electron chi connectivity index (χ1n) is 7.89. The molecule has 6 nitrogen and oxygen atoms in total. The van der Waals surface area contributed by atoms with Crippen molar-refractivity contribution in [2.24, 2.45) is 0 Å². The van der Waals surface area contributed by atoms with Crippen LogP contribution in [0.1, 0.15) is 10.5 Å². The number of halogens is 1. The smallest absolute Gasteiger partial charge is 0.163 e. The number of fused-ring (bicyclic) bond motifs is 1. The summed E-state index contributed by atoms with van der Waals surface area (Å²) in [6.45, 7) is 0. The molecular formula is C19H11ClN3O3S-. The fourth-order valence-corrected chi connectivity index (χ4v) is 4.11.